The van der Waals surface area contributed by atoms with Crippen LogP contribution in [0.3, 0.4) is 0 Å². The summed E-state index contributed by atoms with van der Waals surface area (Å²) in [6, 6.07) is 7.11. The van der Waals surface area contributed by atoms with Crippen LogP contribution in [0.1, 0.15) is 18.9 Å². The number of nitrogens with one attached hydrogen (secondary N) is 2. The maximum atomic E-state index is 12.2. The summed E-state index contributed by atoms with van der Waals surface area (Å²) < 4.78 is 32.3. The van der Waals surface area contributed by atoms with Gasteiger partial charge in [0.2, 0.25) is 10.0 Å². The first-order valence-corrected chi connectivity index (χ1v) is 8.97. The Hall–Kier alpha value is -0.950. The van der Waals surface area contributed by atoms with Crippen LogP contribution in [0.25, 0.3) is 0 Å². The van der Waals surface area contributed by atoms with Gasteiger partial charge in [-0.05, 0) is 49.5 Å². The van der Waals surface area contributed by atoms with Crippen LogP contribution in [0.5, 0.6) is 0 Å². The molecule has 5 nitrogen and oxygen atoms in total. The quantitative estimate of drug-likeness (QED) is 0.707. The molecule has 0 bridgehead atoms. The minimum atomic E-state index is -3.41. The molecule has 0 aromatic heterocycles. The standard InChI is InChI=1S/C15H24N2O3S/c1-2-16-9-7-13-3-5-15(6-4-13)21(18,19)17-11-14-8-10-20-12-14/h3-6,14,16-17H,2,7-12H2,1H3. The Balaban J connectivity index is 1.89. The van der Waals surface area contributed by atoms with Crippen molar-refractivity contribution in [2.75, 3.05) is 32.8 Å². The minimum Gasteiger partial charge on any atom is -0.381 e. The molecule has 0 radical (unpaired) electrons. The predicted octanol–water partition coefficient (Wildman–Crippen LogP) is 1.15. The number of benzene rings is 1. The van der Waals surface area contributed by atoms with Crippen molar-refractivity contribution < 1.29 is 13.2 Å². The molecule has 0 spiro atoms. The summed E-state index contributed by atoms with van der Waals surface area (Å²) in [6.07, 6.45) is 1.83. The monoisotopic (exact) mass is 312 g/mol. The average Bonchev–Trinajstić information content (AvgIpc) is 3.00. The van der Waals surface area contributed by atoms with E-state index in [9.17, 15) is 8.42 Å². The highest BCUT2D eigenvalue weighted by Gasteiger charge is 2.20. The molecule has 0 amide bonds. The van der Waals surface area contributed by atoms with Gasteiger partial charge in [-0.1, -0.05) is 19.1 Å². The van der Waals surface area contributed by atoms with Gasteiger partial charge in [0.15, 0.2) is 0 Å². The summed E-state index contributed by atoms with van der Waals surface area (Å²) in [7, 11) is -3.41. The number of hydrogen-bond acceptors (Lipinski definition) is 4. The van der Waals surface area contributed by atoms with Gasteiger partial charge in [0.1, 0.15) is 0 Å². The van der Waals surface area contributed by atoms with E-state index in [1.807, 2.05) is 12.1 Å². The second-order valence-electron chi connectivity index (χ2n) is 5.33. The topological polar surface area (TPSA) is 67.4 Å². The van der Waals surface area contributed by atoms with Gasteiger partial charge >= 0.3 is 0 Å². The van der Waals surface area contributed by atoms with Crippen molar-refractivity contribution in [3.8, 4) is 0 Å². The van der Waals surface area contributed by atoms with E-state index in [0.29, 0.717) is 24.0 Å². The molecule has 1 atom stereocenters. The summed E-state index contributed by atoms with van der Waals surface area (Å²) in [4.78, 5) is 0.327. The molecule has 1 aliphatic heterocycles. The van der Waals surface area contributed by atoms with Gasteiger partial charge in [-0.25, -0.2) is 13.1 Å². The highest BCUT2D eigenvalue weighted by atomic mass is 32.2. The molecular weight excluding hydrogens is 288 g/mol. The molecule has 1 aliphatic rings. The van der Waals surface area contributed by atoms with E-state index in [2.05, 4.69) is 17.0 Å². The van der Waals surface area contributed by atoms with Gasteiger partial charge in [-0.2, -0.15) is 0 Å². The fraction of sp³-hybridized carbons (Fsp3) is 0.600. The van der Waals surface area contributed by atoms with E-state index >= 15 is 0 Å². The minimum absolute atomic E-state index is 0.291. The van der Waals surface area contributed by atoms with Crippen molar-refractivity contribution >= 4 is 10.0 Å². The number of hydrogen-bond donors (Lipinski definition) is 2. The maximum absolute atomic E-state index is 12.2. The van der Waals surface area contributed by atoms with Crippen LogP contribution in [0.4, 0.5) is 0 Å². The number of rotatable bonds is 8. The van der Waals surface area contributed by atoms with Gasteiger partial charge in [0.25, 0.3) is 0 Å². The molecule has 0 saturated carbocycles. The molecule has 1 saturated heterocycles. The van der Waals surface area contributed by atoms with Crippen LogP contribution < -0.4 is 10.0 Å². The third-order valence-corrected chi connectivity index (χ3v) is 5.10. The van der Waals surface area contributed by atoms with Crippen molar-refractivity contribution in [3.05, 3.63) is 29.8 Å². The summed E-state index contributed by atoms with van der Waals surface area (Å²) in [5.41, 5.74) is 1.14. The fourth-order valence-electron chi connectivity index (χ4n) is 2.30. The molecule has 118 valence electrons. The van der Waals surface area contributed by atoms with Crippen LogP contribution in [-0.4, -0.2) is 41.3 Å². The Bertz CT molecular complexity index is 522. The number of likely N-dealkylation sites (N-methyl/N-ethyl adjacent to an activating group) is 1. The second-order valence-corrected chi connectivity index (χ2v) is 7.10. The largest absolute Gasteiger partial charge is 0.381 e. The van der Waals surface area contributed by atoms with Gasteiger partial charge < -0.3 is 10.1 Å². The van der Waals surface area contributed by atoms with Crippen LogP contribution in [0.15, 0.2) is 29.2 Å². The Morgan fingerprint density at radius 1 is 1.29 bits per heavy atom. The van der Waals surface area contributed by atoms with Crippen molar-refractivity contribution in [1.82, 2.24) is 10.0 Å². The molecule has 1 aromatic rings. The van der Waals surface area contributed by atoms with E-state index in [0.717, 1.165) is 38.1 Å². The zero-order valence-electron chi connectivity index (χ0n) is 12.5. The van der Waals surface area contributed by atoms with Crippen LogP contribution >= 0.6 is 0 Å². The van der Waals surface area contributed by atoms with E-state index in [1.54, 1.807) is 12.1 Å². The maximum Gasteiger partial charge on any atom is 0.240 e. The van der Waals surface area contributed by atoms with Gasteiger partial charge in [-0.3, -0.25) is 0 Å². The van der Waals surface area contributed by atoms with Gasteiger partial charge in [0.05, 0.1) is 11.5 Å². The molecule has 6 heteroatoms. The summed E-state index contributed by atoms with van der Waals surface area (Å²) in [6.45, 7) is 5.74. The molecule has 0 aliphatic carbocycles. The first-order valence-electron chi connectivity index (χ1n) is 7.49. The molecule has 2 N–H and O–H groups in total. The molecule has 2 rings (SSSR count). The molecule has 1 fully saturated rings. The highest BCUT2D eigenvalue weighted by molar-refractivity contribution is 7.89. The summed E-state index contributed by atoms with van der Waals surface area (Å²) in [5.74, 6) is 0.291. The lowest BCUT2D eigenvalue weighted by atomic mass is 10.1. The lowest BCUT2D eigenvalue weighted by Crippen LogP contribution is -2.29. The van der Waals surface area contributed by atoms with Crippen LogP contribution in [0, 0.1) is 5.92 Å². The first kappa shape index (κ1) is 16.4. The van der Waals surface area contributed by atoms with Crippen molar-refractivity contribution in [2.24, 2.45) is 5.92 Å². The van der Waals surface area contributed by atoms with Gasteiger partial charge in [-0.15, -0.1) is 0 Å². The van der Waals surface area contributed by atoms with Gasteiger partial charge in [0, 0.05) is 13.2 Å². The van der Waals surface area contributed by atoms with E-state index in [-0.39, 0.29) is 0 Å². The summed E-state index contributed by atoms with van der Waals surface area (Å²) >= 11 is 0. The predicted molar refractivity (Wildman–Crippen MR) is 82.8 cm³/mol. The van der Waals surface area contributed by atoms with Crippen molar-refractivity contribution in [2.45, 2.75) is 24.7 Å². The smallest absolute Gasteiger partial charge is 0.240 e. The zero-order chi connectivity index (χ0) is 15.1. The second kappa shape index (κ2) is 7.89. The molecule has 21 heavy (non-hydrogen) atoms. The Morgan fingerprint density at radius 3 is 2.67 bits per heavy atom. The van der Waals surface area contributed by atoms with Crippen molar-refractivity contribution in [3.63, 3.8) is 0 Å². The number of sulfonamides is 1. The molecule has 1 aromatic carbocycles. The van der Waals surface area contributed by atoms with Crippen LogP contribution in [0.2, 0.25) is 0 Å². The van der Waals surface area contributed by atoms with E-state index in [1.165, 1.54) is 0 Å². The first-order chi connectivity index (χ1) is 10.1. The fourth-order valence-corrected chi connectivity index (χ4v) is 3.42. The lowest BCUT2D eigenvalue weighted by Gasteiger charge is -2.11. The lowest BCUT2D eigenvalue weighted by molar-refractivity contribution is 0.186. The third kappa shape index (κ3) is 5.07. The van der Waals surface area contributed by atoms with Crippen LogP contribution in [-0.2, 0) is 21.2 Å². The average molecular weight is 312 g/mol. The normalized spacial score (nSPS) is 19.0. The Labute approximate surface area is 127 Å². The number of ether oxygens (including phenoxy) is 1. The summed E-state index contributed by atoms with van der Waals surface area (Å²) in [5, 5.41) is 3.25. The molecular formula is C15H24N2O3S. The van der Waals surface area contributed by atoms with Crippen molar-refractivity contribution in [1.29, 1.82) is 0 Å². The SMILES string of the molecule is CCNCCc1ccc(S(=O)(=O)NCC2CCOC2)cc1. The zero-order valence-corrected chi connectivity index (χ0v) is 13.3. The Morgan fingerprint density at radius 2 is 2.05 bits per heavy atom. The van der Waals surface area contributed by atoms with E-state index in [4.69, 9.17) is 4.74 Å². The molecule has 1 heterocycles. The highest BCUT2D eigenvalue weighted by Crippen LogP contribution is 2.14. The Kier molecular flexibility index (Phi) is 6.17. The van der Waals surface area contributed by atoms with E-state index < -0.39 is 10.0 Å². The third-order valence-electron chi connectivity index (χ3n) is 3.66. The molecule has 1 unspecified atom stereocenters.